The fourth-order valence-electron chi connectivity index (χ4n) is 4.82. The molecule has 1 saturated heterocycles. The zero-order valence-corrected chi connectivity index (χ0v) is 22.5. The number of rotatable bonds is 8. The van der Waals surface area contributed by atoms with Crippen LogP contribution < -0.4 is 15.6 Å². The maximum atomic E-state index is 13.4. The third-order valence-electron chi connectivity index (χ3n) is 6.82. The highest BCUT2D eigenvalue weighted by molar-refractivity contribution is 6.30. The van der Waals surface area contributed by atoms with Gasteiger partial charge in [0.1, 0.15) is 5.82 Å². The van der Waals surface area contributed by atoms with E-state index in [0.717, 1.165) is 53.0 Å². The first-order valence-electron chi connectivity index (χ1n) is 13.3. The van der Waals surface area contributed by atoms with Crippen LogP contribution in [0.25, 0.3) is 10.9 Å². The molecule has 8 nitrogen and oxygen atoms in total. The van der Waals surface area contributed by atoms with E-state index in [9.17, 15) is 4.39 Å². The minimum atomic E-state index is -0.304. The first-order valence-corrected chi connectivity index (χ1v) is 13.6. The number of piperidine rings is 1. The van der Waals surface area contributed by atoms with E-state index in [1.807, 2.05) is 36.4 Å². The smallest absolute Gasteiger partial charge is 0.250 e. The average Bonchev–Trinajstić information content (AvgIpc) is 3.33. The van der Waals surface area contributed by atoms with Crippen LogP contribution in [0.3, 0.4) is 0 Å². The molecule has 40 heavy (non-hydrogen) atoms. The van der Waals surface area contributed by atoms with E-state index in [2.05, 4.69) is 58.6 Å². The monoisotopic (exact) mass is 554 g/mol. The van der Waals surface area contributed by atoms with Crippen molar-refractivity contribution in [3.63, 3.8) is 0 Å². The largest absolute Gasteiger partial charge is 0.342 e. The Balaban J connectivity index is 1.26. The molecule has 0 radical (unpaired) electrons. The van der Waals surface area contributed by atoms with Gasteiger partial charge in [0.25, 0.3) is 0 Å². The first-order chi connectivity index (χ1) is 19.6. The minimum Gasteiger partial charge on any atom is -0.342 e. The topological polar surface area (TPSA) is 83.3 Å². The predicted molar refractivity (Wildman–Crippen MR) is 159 cm³/mol. The van der Waals surface area contributed by atoms with Crippen LogP contribution in [0.4, 0.5) is 27.9 Å². The summed E-state index contributed by atoms with van der Waals surface area (Å²) < 4.78 is 15.6. The fourth-order valence-corrected chi connectivity index (χ4v) is 4.95. The van der Waals surface area contributed by atoms with E-state index in [1.165, 1.54) is 18.6 Å². The number of aromatic nitrogens is 4. The number of para-hydroxylation sites is 1. The number of hydrazone groups is 1. The lowest BCUT2D eigenvalue weighted by Crippen LogP contribution is -2.31. The number of anilines is 4. The summed E-state index contributed by atoms with van der Waals surface area (Å²) >= 11 is 6.07. The lowest BCUT2D eigenvalue weighted by Gasteiger charge is -2.26. The van der Waals surface area contributed by atoms with Crippen LogP contribution in [0, 0.1) is 5.82 Å². The molecule has 0 bridgehead atoms. The summed E-state index contributed by atoms with van der Waals surface area (Å²) in [6.07, 6.45) is 7.24. The Hall–Kier alpha value is -4.50. The third-order valence-corrected chi connectivity index (χ3v) is 7.07. The summed E-state index contributed by atoms with van der Waals surface area (Å²) in [5.41, 5.74) is 6.90. The summed E-state index contributed by atoms with van der Waals surface area (Å²) in [5.74, 6) is 0.957. The second-order valence-corrected chi connectivity index (χ2v) is 10.1. The highest BCUT2D eigenvalue weighted by Gasteiger charge is 2.16. The number of benzene rings is 3. The van der Waals surface area contributed by atoms with E-state index >= 15 is 0 Å². The first kappa shape index (κ1) is 25.8. The summed E-state index contributed by atoms with van der Waals surface area (Å²) in [7, 11) is 0. The molecule has 2 aromatic heterocycles. The Bertz CT molecular complexity index is 1630. The molecule has 3 heterocycles. The van der Waals surface area contributed by atoms with Gasteiger partial charge in [-0.05, 0) is 67.3 Å². The number of hydrogen-bond donors (Lipinski definition) is 2. The molecule has 0 amide bonds. The van der Waals surface area contributed by atoms with Crippen molar-refractivity contribution < 1.29 is 4.39 Å². The quantitative estimate of drug-likeness (QED) is 0.161. The van der Waals surface area contributed by atoms with E-state index < -0.39 is 0 Å². The average molecular weight is 555 g/mol. The molecule has 0 aliphatic carbocycles. The molecule has 5 aromatic rings. The van der Waals surface area contributed by atoms with Crippen molar-refractivity contribution in [2.45, 2.75) is 25.8 Å². The van der Waals surface area contributed by atoms with Crippen molar-refractivity contribution in [2.24, 2.45) is 5.10 Å². The molecule has 202 valence electrons. The summed E-state index contributed by atoms with van der Waals surface area (Å²) in [6.45, 7) is 2.48. The summed E-state index contributed by atoms with van der Waals surface area (Å²) in [6, 6.07) is 22.2. The molecule has 1 aliphatic heterocycles. The van der Waals surface area contributed by atoms with Gasteiger partial charge in [0.15, 0.2) is 0 Å². The number of fused-ring (bicyclic) bond motifs is 1. The van der Waals surface area contributed by atoms with E-state index in [-0.39, 0.29) is 5.82 Å². The lowest BCUT2D eigenvalue weighted by molar-refractivity contribution is 0.568. The lowest BCUT2D eigenvalue weighted by atomic mass is 10.1. The standard InChI is InChI=1S/C30H28ClFN8/c31-23-10-8-21(9-11-23)19-40-20-22(26-6-2-3-7-27(26)40)18-33-38-29-35-28(34-25-14-12-24(32)13-15-25)36-30(37-29)39-16-4-1-5-17-39/h2-3,6-15,18,20H,1,4-5,16-17,19H2,(H2,34,35,36,37,38)/b33-18+. The Kier molecular flexibility index (Phi) is 7.54. The Labute approximate surface area is 236 Å². The van der Waals surface area contributed by atoms with Gasteiger partial charge in [-0.2, -0.15) is 20.1 Å². The van der Waals surface area contributed by atoms with Crippen LogP contribution in [-0.4, -0.2) is 38.8 Å². The Morgan fingerprint density at radius 2 is 1.62 bits per heavy atom. The van der Waals surface area contributed by atoms with Crippen LogP contribution in [0.15, 0.2) is 84.1 Å². The van der Waals surface area contributed by atoms with Crippen molar-refractivity contribution >= 4 is 52.3 Å². The third kappa shape index (κ3) is 6.05. The molecule has 6 rings (SSSR count). The Morgan fingerprint density at radius 1 is 0.875 bits per heavy atom. The molecule has 1 aliphatic rings. The highest BCUT2D eigenvalue weighted by atomic mass is 35.5. The van der Waals surface area contributed by atoms with Gasteiger partial charge in [-0.15, -0.1) is 0 Å². The van der Waals surface area contributed by atoms with Crippen LogP contribution in [0.1, 0.15) is 30.4 Å². The number of nitrogens with one attached hydrogen (secondary N) is 2. The van der Waals surface area contributed by atoms with Gasteiger partial charge < -0.3 is 14.8 Å². The molecular weight excluding hydrogens is 527 g/mol. The van der Waals surface area contributed by atoms with Gasteiger partial charge in [-0.3, -0.25) is 0 Å². The van der Waals surface area contributed by atoms with Gasteiger partial charge in [-0.1, -0.05) is 41.9 Å². The second kappa shape index (κ2) is 11.7. The fraction of sp³-hybridized carbons (Fsp3) is 0.200. The van der Waals surface area contributed by atoms with Crippen molar-refractivity contribution in [1.82, 2.24) is 19.5 Å². The van der Waals surface area contributed by atoms with Crippen molar-refractivity contribution in [2.75, 3.05) is 28.7 Å². The van der Waals surface area contributed by atoms with E-state index in [4.69, 9.17) is 11.6 Å². The van der Waals surface area contributed by atoms with Crippen LogP contribution in [0.2, 0.25) is 5.02 Å². The molecule has 3 aromatic carbocycles. The van der Waals surface area contributed by atoms with E-state index in [1.54, 1.807) is 18.3 Å². The number of halogens is 2. The second-order valence-electron chi connectivity index (χ2n) is 9.69. The SMILES string of the molecule is Fc1ccc(Nc2nc(N/N=C/c3cn(Cc4ccc(Cl)cc4)c4ccccc34)nc(N3CCCCC3)n2)cc1. The molecule has 1 fully saturated rings. The van der Waals surface area contributed by atoms with Crippen LogP contribution in [0.5, 0.6) is 0 Å². The van der Waals surface area contributed by atoms with Gasteiger partial charge in [0, 0.05) is 53.0 Å². The predicted octanol–water partition coefficient (Wildman–Crippen LogP) is 6.85. The zero-order valence-electron chi connectivity index (χ0n) is 21.8. The van der Waals surface area contributed by atoms with Crippen molar-refractivity contribution in [1.29, 1.82) is 0 Å². The molecule has 2 N–H and O–H groups in total. The van der Waals surface area contributed by atoms with Gasteiger partial charge in [0.2, 0.25) is 17.8 Å². The Morgan fingerprint density at radius 3 is 2.42 bits per heavy atom. The molecule has 0 saturated carbocycles. The molecular formula is C30H28ClFN8. The molecule has 0 unspecified atom stereocenters. The van der Waals surface area contributed by atoms with Gasteiger partial charge in [0.05, 0.1) is 6.21 Å². The zero-order chi connectivity index (χ0) is 27.3. The molecule has 0 spiro atoms. The maximum absolute atomic E-state index is 13.4. The summed E-state index contributed by atoms with van der Waals surface area (Å²) in [5, 5.41) is 9.45. The number of hydrogen-bond acceptors (Lipinski definition) is 7. The van der Waals surface area contributed by atoms with Crippen molar-refractivity contribution in [3.8, 4) is 0 Å². The maximum Gasteiger partial charge on any atom is 0.250 e. The molecule has 0 atom stereocenters. The van der Waals surface area contributed by atoms with Crippen LogP contribution in [-0.2, 0) is 6.54 Å². The normalized spacial score (nSPS) is 13.7. The van der Waals surface area contributed by atoms with Gasteiger partial charge >= 0.3 is 0 Å². The van der Waals surface area contributed by atoms with Crippen molar-refractivity contribution in [3.05, 3.63) is 101 Å². The molecule has 10 heteroatoms. The minimum absolute atomic E-state index is 0.304. The van der Waals surface area contributed by atoms with Crippen LogP contribution >= 0.6 is 11.6 Å². The van der Waals surface area contributed by atoms with E-state index in [0.29, 0.717) is 30.1 Å². The van der Waals surface area contributed by atoms with Gasteiger partial charge in [-0.25, -0.2) is 9.82 Å². The highest BCUT2D eigenvalue weighted by Crippen LogP contribution is 2.23. The summed E-state index contributed by atoms with van der Waals surface area (Å²) in [4.78, 5) is 15.9. The number of nitrogens with zero attached hydrogens (tertiary/aromatic N) is 6.